The third-order valence-electron chi connectivity index (χ3n) is 4.24. The van der Waals surface area contributed by atoms with Crippen LogP contribution >= 0.6 is 0 Å². The summed E-state index contributed by atoms with van der Waals surface area (Å²) in [7, 11) is 1.48. The fourth-order valence-electron chi connectivity index (χ4n) is 3.37. The quantitative estimate of drug-likeness (QED) is 0.712. The molecule has 1 aromatic rings. The van der Waals surface area contributed by atoms with Crippen molar-refractivity contribution in [1.29, 1.82) is 0 Å². The molecule has 18 heavy (non-hydrogen) atoms. The topological polar surface area (TPSA) is 29.5 Å². The molecule has 0 bridgehead atoms. The van der Waals surface area contributed by atoms with Crippen molar-refractivity contribution < 1.29 is 9.53 Å². The fourth-order valence-corrected chi connectivity index (χ4v) is 3.37. The first-order chi connectivity index (χ1) is 8.81. The number of anilines is 1. The summed E-state index contributed by atoms with van der Waals surface area (Å²) in [4.78, 5) is 14.4. The molecule has 1 aromatic carbocycles. The van der Waals surface area contributed by atoms with Crippen LogP contribution in [0.4, 0.5) is 5.69 Å². The minimum absolute atomic E-state index is 0.0782. The second-order valence-corrected chi connectivity index (χ2v) is 5.21. The highest BCUT2D eigenvalue weighted by molar-refractivity contribution is 5.82. The number of carbonyl (C=O) groups is 1. The molecule has 0 spiro atoms. The number of benzene rings is 1. The Labute approximate surface area is 108 Å². The molecule has 1 fully saturated rings. The largest absolute Gasteiger partial charge is 0.469 e. The lowest BCUT2D eigenvalue weighted by atomic mass is 9.82. The molecule has 3 heteroatoms. The summed E-state index contributed by atoms with van der Waals surface area (Å²) in [6.07, 6.45) is 4.64. The molecule has 2 atom stereocenters. The van der Waals surface area contributed by atoms with Gasteiger partial charge < -0.3 is 9.64 Å². The van der Waals surface area contributed by atoms with Crippen molar-refractivity contribution in [1.82, 2.24) is 0 Å². The Bertz CT molecular complexity index is 458. The molecular weight excluding hydrogens is 226 g/mol. The van der Waals surface area contributed by atoms with E-state index in [0.717, 1.165) is 18.5 Å². The number of nitrogens with zero attached hydrogens (tertiary/aromatic N) is 1. The molecule has 0 N–H and O–H groups in total. The van der Waals surface area contributed by atoms with E-state index >= 15 is 0 Å². The molecule has 2 heterocycles. The SMILES string of the molecule is COC(=O)[C@H]1C[C@H]2CCCCN2c2ccccc21. The summed E-state index contributed by atoms with van der Waals surface area (Å²) in [6.45, 7) is 1.12. The van der Waals surface area contributed by atoms with Gasteiger partial charge in [-0.15, -0.1) is 0 Å². The Balaban J connectivity index is 2.02. The van der Waals surface area contributed by atoms with Crippen molar-refractivity contribution in [2.75, 3.05) is 18.6 Å². The number of esters is 1. The van der Waals surface area contributed by atoms with E-state index in [2.05, 4.69) is 23.1 Å². The molecule has 0 saturated carbocycles. The maximum atomic E-state index is 12.0. The highest BCUT2D eigenvalue weighted by Crippen LogP contribution is 2.41. The number of hydrogen-bond acceptors (Lipinski definition) is 3. The van der Waals surface area contributed by atoms with Gasteiger partial charge in [-0.2, -0.15) is 0 Å². The first-order valence-corrected chi connectivity index (χ1v) is 6.74. The average molecular weight is 245 g/mol. The number of fused-ring (bicyclic) bond motifs is 3. The van der Waals surface area contributed by atoms with Crippen LogP contribution in [0.1, 0.15) is 37.2 Å². The number of methoxy groups -OCH3 is 1. The summed E-state index contributed by atoms with van der Waals surface area (Å²) in [5.74, 6) is -0.168. The number of hydrogen-bond donors (Lipinski definition) is 0. The minimum atomic E-state index is -0.0901. The number of piperidine rings is 1. The molecule has 0 unspecified atom stereocenters. The third kappa shape index (κ3) is 1.78. The molecule has 3 rings (SSSR count). The van der Waals surface area contributed by atoms with Gasteiger partial charge in [0, 0.05) is 18.3 Å². The van der Waals surface area contributed by atoms with E-state index in [1.807, 2.05) is 6.07 Å². The van der Waals surface area contributed by atoms with E-state index in [-0.39, 0.29) is 11.9 Å². The Morgan fingerprint density at radius 1 is 1.33 bits per heavy atom. The highest BCUT2D eigenvalue weighted by Gasteiger charge is 2.37. The van der Waals surface area contributed by atoms with Crippen molar-refractivity contribution in [3.05, 3.63) is 29.8 Å². The van der Waals surface area contributed by atoms with Crippen molar-refractivity contribution in [3.63, 3.8) is 0 Å². The number of para-hydroxylation sites is 1. The average Bonchev–Trinajstić information content (AvgIpc) is 2.45. The van der Waals surface area contributed by atoms with Crippen LogP contribution in [0.5, 0.6) is 0 Å². The highest BCUT2D eigenvalue weighted by atomic mass is 16.5. The van der Waals surface area contributed by atoms with Crippen LogP contribution < -0.4 is 4.90 Å². The molecule has 0 radical (unpaired) electrons. The van der Waals surface area contributed by atoms with Gasteiger partial charge in [-0.3, -0.25) is 4.79 Å². The van der Waals surface area contributed by atoms with Crippen LogP contribution in [-0.4, -0.2) is 25.7 Å². The molecule has 96 valence electrons. The van der Waals surface area contributed by atoms with Gasteiger partial charge in [0.2, 0.25) is 0 Å². The van der Waals surface area contributed by atoms with Gasteiger partial charge >= 0.3 is 5.97 Å². The smallest absolute Gasteiger partial charge is 0.313 e. The second-order valence-electron chi connectivity index (χ2n) is 5.21. The lowest BCUT2D eigenvalue weighted by Crippen LogP contribution is -2.45. The van der Waals surface area contributed by atoms with Gasteiger partial charge in [0.05, 0.1) is 13.0 Å². The van der Waals surface area contributed by atoms with Crippen LogP contribution in [-0.2, 0) is 9.53 Å². The molecule has 0 aliphatic carbocycles. The molecule has 3 nitrogen and oxygen atoms in total. The van der Waals surface area contributed by atoms with E-state index in [9.17, 15) is 4.79 Å². The van der Waals surface area contributed by atoms with Crippen molar-refractivity contribution in [2.45, 2.75) is 37.6 Å². The zero-order valence-electron chi connectivity index (χ0n) is 10.8. The summed E-state index contributed by atoms with van der Waals surface area (Å²) in [5.41, 5.74) is 2.38. The number of ether oxygens (including phenoxy) is 1. The van der Waals surface area contributed by atoms with E-state index in [1.54, 1.807) is 0 Å². The maximum Gasteiger partial charge on any atom is 0.313 e. The number of rotatable bonds is 1. The first kappa shape index (κ1) is 11.6. The summed E-state index contributed by atoms with van der Waals surface area (Å²) < 4.78 is 4.97. The number of carbonyl (C=O) groups excluding carboxylic acids is 1. The van der Waals surface area contributed by atoms with E-state index < -0.39 is 0 Å². The van der Waals surface area contributed by atoms with Crippen molar-refractivity contribution in [3.8, 4) is 0 Å². The van der Waals surface area contributed by atoms with Gasteiger partial charge in [-0.1, -0.05) is 18.2 Å². The van der Waals surface area contributed by atoms with Crippen molar-refractivity contribution in [2.24, 2.45) is 0 Å². The van der Waals surface area contributed by atoms with Crippen LogP contribution in [0.2, 0.25) is 0 Å². The fraction of sp³-hybridized carbons (Fsp3) is 0.533. The Morgan fingerprint density at radius 3 is 3.00 bits per heavy atom. The summed E-state index contributed by atoms with van der Waals surface area (Å²) in [6, 6.07) is 8.80. The zero-order valence-corrected chi connectivity index (χ0v) is 10.8. The molecule has 0 aromatic heterocycles. The third-order valence-corrected chi connectivity index (χ3v) is 4.24. The van der Waals surface area contributed by atoms with Crippen LogP contribution in [0, 0.1) is 0 Å². The lowest BCUT2D eigenvalue weighted by Gasteiger charge is -2.44. The molecule has 1 saturated heterocycles. The monoisotopic (exact) mass is 245 g/mol. The molecule has 0 amide bonds. The predicted octanol–water partition coefficient (Wildman–Crippen LogP) is 2.71. The van der Waals surface area contributed by atoms with E-state index in [0.29, 0.717) is 6.04 Å². The second kappa shape index (κ2) is 4.63. The van der Waals surface area contributed by atoms with Gasteiger partial charge in [-0.25, -0.2) is 0 Å². The summed E-state index contributed by atoms with van der Waals surface area (Å²) >= 11 is 0. The van der Waals surface area contributed by atoms with Gasteiger partial charge in [-0.05, 0) is 37.3 Å². The van der Waals surface area contributed by atoms with Gasteiger partial charge in [0.15, 0.2) is 0 Å². The minimum Gasteiger partial charge on any atom is -0.469 e. The maximum absolute atomic E-state index is 12.0. The molecule has 2 aliphatic rings. The Hall–Kier alpha value is -1.51. The lowest BCUT2D eigenvalue weighted by molar-refractivity contribution is -0.142. The van der Waals surface area contributed by atoms with E-state index in [4.69, 9.17) is 4.74 Å². The van der Waals surface area contributed by atoms with Crippen LogP contribution in [0.3, 0.4) is 0 Å². The zero-order chi connectivity index (χ0) is 12.5. The van der Waals surface area contributed by atoms with Gasteiger partial charge in [0.1, 0.15) is 0 Å². The van der Waals surface area contributed by atoms with Gasteiger partial charge in [0.25, 0.3) is 0 Å². The standard InChI is InChI=1S/C15H19NO2/c1-18-15(17)13-10-11-6-4-5-9-16(11)14-8-3-2-7-12(13)14/h2-3,7-8,11,13H,4-6,9-10H2,1H3/t11-,13+/m1/s1. The molecule has 2 aliphatic heterocycles. The normalized spacial score (nSPS) is 26.2. The Morgan fingerprint density at radius 2 is 2.17 bits per heavy atom. The van der Waals surface area contributed by atoms with Crippen molar-refractivity contribution >= 4 is 11.7 Å². The van der Waals surface area contributed by atoms with E-state index in [1.165, 1.54) is 32.1 Å². The first-order valence-electron chi connectivity index (χ1n) is 6.74. The van der Waals surface area contributed by atoms with Crippen LogP contribution in [0.25, 0.3) is 0 Å². The predicted molar refractivity (Wildman–Crippen MR) is 70.8 cm³/mol. The Kier molecular flexibility index (Phi) is 2.98. The molecular formula is C15H19NO2. The van der Waals surface area contributed by atoms with Crippen LogP contribution in [0.15, 0.2) is 24.3 Å². The summed E-state index contributed by atoms with van der Waals surface area (Å²) in [5, 5.41) is 0.